The molecule has 0 aliphatic carbocycles. The lowest BCUT2D eigenvalue weighted by atomic mass is 10.1. The fourth-order valence-electron chi connectivity index (χ4n) is 2.47. The van der Waals surface area contributed by atoms with E-state index in [0.29, 0.717) is 0 Å². The standard InChI is InChI=1S/C17H16FN/c1-12-3-5-14(6-4-12)11-19-13(2)9-15-10-16(18)7-8-17(15)19/h3-10H,11H2,1-2H3. The van der Waals surface area contributed by atoms with E-state index in [-0.39, 0.29) is 5.82 Å². The highest BCUT2D eigenvalue weighted by atomic mass is 19.1. The van der Waals surface area contributed by atoms with Gasteiger partial charge >= 0.3 is 0 Å². The molecule has 0 aliphatic rings. The zero-order chi connectivity index (χ0) is 13.4. The van der Waals surface area contributed by atoms with Gasteiger partial charge in [0.25, 0.3) is 0 Å². The number of nitrogens with zero attached hydrogens (tertiary/aromatic N) is 1. The number of aromatic nitrogens is 1. The summed E-state index contributed by atoms with van der Waals surface area (Å²) in [6, 6.07) is 15.5. The Morgan fingerprint density at radius 1 is 0.947 bits per heavy atom. The monoisotopic (exact) mass is 253 g/mol. The predicted octanol–water partition coefficient (Wildman–Crippen LogP) is 4.45. The highest BCUT2D eigenvalue weighted by Crippen LogP contribution is 2.22. The largest absolute Gasteiger partial charge is 0.340 e. The van der Waals surface area contributed by atoms with Gasteiger partial charge < -0.3 is 4.57 Å². The maximum atomic E-state index is 13.2. The lowest BCUT2D eigenvalue weighted by molar-refractivity contribution is 0.629. The Balaban J connectivity index is 2.05. The van der Waals surface area contributed by atoms with Crippen LogP contribution in [0.25, 0.3) is 10.9 Å². The van der Waals surface area contributed by atoms with Crippen LogP contribution in [0, 0.1) is 19.7 Å². The fraction of sp³-hybridized carbons (Fsp3) is 0.176. The molecule has 0 unspecified atom stereocenters. The summed E-state index contributed by atoms with van der Waals surface area (Å²) >= 11 is 0. The Morgan fingerprint density at radius 3 is 2.42 bits per heavy atom. The van der Waals surface area contributed by atoms with E-state index >= 15 is 0 Å². The molecule has 96 valence electrons. The number of aryl methyl sites for hydroxylation is 2. The first-order chi connectivity index (χ1) is 9.13. The number of hydrogen-bond donors (Lipinski definition) is 0. The van der Waals surface area contributed by atoms with Crippen LogP contribution in [0.2, 0.25) is 0 Å². The molecule has 1 nitrogen and oxygen atoms in total. The second-order valence-corrected chi connectivity index (χ2v) is 5.06. The van der Waals surface area contributed by atoms with Gasteiger partial charge in [-0.3, -0.25) is 0 Å². The molecule has 0 spiro atoms. The van der Waals surface area contributed by atoms with E-state index in [1.165, 1.54) is 17.2 Å². The quantitative estimate of drug-likeness (QED) is 0.636. The van der Waals surface area contributed by atoms with E-state index < -0.39 is 0 Å². The summed E-state index contributed by atoms with van der Waals surface area (Å²) in [6.45, 7) is 4.97. The third kappa shape index (κ3) is 2.26. The predicted molar refractivity (Wildman–Crippen MR) is 76.9 cm³/mol. The van der Waals surface area contributed by atoms with E-state index in [9.17, 15) is 4.39 Å². The topological polar surface area (TPSA) is 4.93 Å². The first kappa shape index (κ1) is 12.0. The number of benzene rings is 2. The minimum atomic E-state index is -0.181. The first-order valence-corrected chi connectivity index (χ1v) is 6.44. The molecule has 2 aromatic carbocycles. The highest BCUT2D eigenvalue weighted by Gasteiger charge is 2.07. The molecular formula is C17H16FN. The van der Waals surface area contributed by atoms with Gasteiger partial charge in [-0.1, -0.05) is 29.8 Å². The summed E-state index contributed by atoms with van der Waals surface area (Å²) in [5, 5.41) is 0.963. The molecule has 3 aromatic rings. The van der Waals surface area contributed by atoms with E-state index in [0.717, 1.165) is 23.1 Å². The smallest absolute Gasteiger partial charge is 0.123 e. The molecule has 1 heterocycles. The van der Waals surface area contributed by atoms with Crippen LogP contribution in [0.4, 0.5) is 4.39 Å². The van der Waals surface area contributed by atoms with Crippen LogP contribution in [-0.4, -0.2) is 4.57 Å². The molecule has 0 saturated carbocycles. The van der Waals surface area contributed by atoms with Gasteiger partial charge in [0.2, 0.25) is 0 Å². The third-order valence-corrected chi connectivity index (χ3v) is 3.53. The van der Waals surface area contributed by atoms with E-state index in [1.54, 1.807) is 6.07 Å². The van der Waals surface area contributed by atoms with E-state index in [4.69, 9.17) is 0 Å². The van der Waals surface area contributed by atoms with Crippen molar-refractivity contribution >= 4 is 10.9 Å². The van der Waals surface area contributed by atoms with Crippen molar-refractivity contribution in [1.82, 2.24) is 4.57 Å². The van der Waals surface area contributed by atoms with Crippen LogP contribution < -0.4 is 0 Å². The van der Waals surface area contributed by atoms with Gasteiger partial charge in [-0.15, -0.1) is 0 Å². The van der Waals surface area contributed by atoms with Gasteiger partial charge in [-0.05, 0) is 43.7 Å². The van der Waals surface area contributed by atoms with Crippen molar-refractivity contribution in [3.05, 3.63) is 71.2 Å². The maximum Gasteiger partial charge on any atom is 0.123 e. The molecular weight excluding hydrogens is 237 g/mol. The molecule has 0 N–H and O–H groups in total. The average molecular weight is 253 g/mol. The van der Waals surface area contributed by atoms with Crippen LogP contribution in [-0.2, 0) is 6.54 Å². The minimum Gasteiger partial charge on any atom is -0.340 e. The Hall–Kier alpha value is -2.09. The van der Waals surface area contributed by atoms with Gasteiger partial charge in [0, 0.05) is 23.1 Å². The zero-order valence-corrected chi connectivity index (χ0v) is 11.2. The summed E-state index contributed by atoms with van der Waals surface area (Å²) < 4.78 is 15.5. The summed E-state index contributed by atoms with van der Waals surface area (Å²) in [7, 11) is 0. The molecule has 1 aromatic heterocycles. The molecule has 3 rings (SSSR count). The third-order valence-electron chi connectivity index (χ3n) is 3.53. The summed E-state index contributed by atoms with van der Waals surface area (Å²) in [4.78, 5) is 0. The number of rotatable bonds is 2. The Bertz CT molecular complexity index is 723. The van der Waals surface area contributed by atoms with E-state index in [1.807, 2.05) is 12.1 Å². The van der Waals surface area contributed by atoms with Crippen LogP contribution >= 0.6 is 0 Å². The van der Waals surface area contributed by atoms with Crippen LogP contribution in [0.1, 0.15) is 16.8 Å². The van der Waals surface area contributed by atoms with Crippen molar-refractivity contribution in [3.63, 3.8) is 0 Å². The van der Waals surface area contributed by atoms with Crippen molar-refractivity contribution in [2.75, 3.05) is 0 Å². The molecule has 19 heavy (non-hydrogen) atoms. The average Bonchev–Trinajstić information content (AvgIpc) is 2.68. The number of halogens is 1. The molecule has 0 bridgehead atoms. The van der Waals surface area contributed by atoms with Crippen LogP contribution in [0.15, 0.2) is 48.5 Å². The van der Waals surface area contributed by atoms with Crippen molar-refractivity contribution in [1.29, 1.82) is 0 Å². The molecule has 0 radical (unpaired) electrons. The summed E-state index contributed by atoms with van der Waals surface area (Å²) in [5.74, 6) is -0.181. The fourth-order valence-corrected chi connectivity index (χ4v) is 2.47. The summed E-state index contributed by atoms with van der Waals surface area (Å²) in [6.07, 6.45) is 0. The second kappa shape index (κ2) is 4.54. The van der Waals surface area contributed by atoms with Gasteiger partial charge in [0.05, 0.1) is 0 Å². The number of hydrogen-bond acceptors (Lipinski definition) is 0. The molecule has 0 amide bonds. The highest BCUT2D eigenvalue weighted by molar-refractivity contribution is 5.81. The lowest BCUT2D eigenvalue weighted by Gasteiger charge is -2.09. The molecule has 0 atom stereocenters. The van der Waals surface area contributed by atoms with E-state index in [2.05, 4.69) is 42.7 Å². The van der Waals surface area contributed by atoms with Gasteiger partial charge in [0.15, 0.2) is 0 Å². The normalized spacial score (nSPS) is 11.1. The maximum absolute atomic E-state index is 13.2. The van der Waals surface area contributed by atoms with Crippen molar-refractivity contribution in [2.24, 2.45) is 0 Å². The Kier molecular flexibility index (Phi) is 2.86. The molecule has 0 saturated heterocycles. The van der Waals surface area contributed by atoms with Crippen molar-refractivity contribution in [3.8, 4) is 0 Å². The van der Waals surface area contributed by atoms with Crippen LogP contribution in [0.5, 0.6) is 0 Å². The first-order valence-electron chi connectivity index (χ1n) is 6.44. The molecule has 0 aliphatic heterocycles. The Morgan fingerprint density at radius 2 is 1.68 bits per heavy atom. The zero-order valence-electron chi connectivity index (χ0n) is 11.2. The SMILES string of the molecule is Cc1ccc(Cn2c(C)cc3cc(F)ccc32)cc1. The second-order valence-electron chi connectivity index (χ2n) is 5.06. The molecule has 0 fully saturated rings. The number of fused-ring (bicyclic) bond motifs is 1. The van der Waals surface area contributed by atoms with Gasteiger partial charge in [-0.25, -0.2) is 4.39 Å². The van der Waals surface area contributed by atoms with Crippen molar-refractivity contribution < 1.29 is 4.39 Å². The van der Waals surface area contributed by atoms with Crippen molar-refractivity contribution in [2.45, 2.75) is 20.4 Å². The summed E-state index contributed by atoms with van der Waals surface area (Å²) in [5.41, 5.74) is 4.76. The van der Waals surface area contributed by atoms with Gasteiger partial charge in [0.1, 0.15) is 5.82 Å². The Labute approximate surface area is 112 Å². The molecule has 2 heteroatoms. The minimum absolute atomic E-state index is 0.181. The van der Waals surface area contributed by atoms with Gasteiger partial charge in [-0.2, -0.15) is 0 Å². The van der Waals surface area contributed by atoms with Crippen LogP contribution in [0.3, 0.4) is 0 Å². The lowest BCUT2D eigenvalue weighted by Crippen LogP contribution is -2.01.